The molecule has 0 fully saturated rings. The van der Waals surface area contributed by atoms with Gasteiger partial charge in [0.05, 0.1) is 6.61 Å². The fourth-order valence-electron chi connectivity index (χ4n) is 2.68. The molecule has 3 aromatic rings. The van der Waals surface area contributed by atoms with Gasteiger partial charge in [-0.2, -0.15) is 0 Å². The molecular formula is C22H21BrCl2N2O2. The smallest absolute Gasteiger partial charge is 0.213 e. The largest absolute Gasteiger partial charge is 0.488 e. The SMILES string of the molecule is Clc1cccc(Cl)c1COc1ccc(Br)cc1CNCCCOc1ccccn1. The number of aromatic nitrogens is 1. The molecule has 0 aliphatic rings. The Kier molecular flexibility index (Phi) is 8.62. The molecule has 0 atom stereocenters. The standard InChI is InChI=1S/C22H21BrCl2N2O2/c23-17-8-9-21(29-15-18-19(24)5-3-6-20(18)25)16(13-17)14-26-10-4-12-28-22-7-1-2-11-27-22/h1-3,5-9,11,13,26H,4,10,12,14-15H2. The van der Waals surface area contributed by atoms with E-state index in [1.807, 2.05) is 54.6 Å². The molecule has 1 aromatic heterocycles. The fraction of sp³-hybridized carbons (Fsp3) is 0.227. The molecule has 4 nitrogen and oxygen atoms in total. The van der Waals surface area contributed by atoms with Crippen molar-refractivity contribution < 1.29 is 9.47 Å². The molecule has 0 amide bonds. The van der Waals surface area contributed by atoms with Gasteiger partial charge in [0.1, 0.15) is 12.4 Å². The van der Waals surface area contributed by atoms with E-state index in [0.29, 0.717) is 35.7 Å². The van der Waals surface area contributed by atoms with E-state index >= 15 is 0 Å². The molecule has 0 spiro atoms. The number of ether oxygens (including phenoxy) is 2. The Hall–Kier alpha value is -1.79. The Morgan fingerprint density at radius 2 is 1.79 bits per heavy atom. The molecule has 1 heterocycles. The van der Waals surface area contributed by atoms with Crippen LogP contribution in [0.25, 0.3) is 0 Å². The first-order chi connectivity index (χ1) is 14.1. The summed E-state index contributed by atoms with van der Waals surface area (Å²) in [5.74, 6) is 1.44. The van der Waals surface area contributed by atoms with Gasteiger partial charge in [0.25, 0.3) is 0 Å². The lowest BCUT2D eigenvalue weighted by molar-refractivity contribution is 0.294. The maximum atomic E-state index is 6.24. The number of rotatable bonds is 10. The highest BCUT2D eigenvalue weighted by molar-refractivity contribution is 9.10. The molecule has 152 valence electrons. The van der Waals surface area contributed by atoms with Crippen LogP contribution in [-0.2, 0) is 13.2 Å². The van der Waals surface area contributed by atoms with Crippen LogP contribution in [0.1, 0.15) is 17.5 Å². The van der Waals surface area contributed by atoms with E-state index < -0.39 is 0 Å². The summed E-state index contributed by atoms with van der Waals surface area (Å²) in [7, 11) is 0. The summed E-state index contributed by atoms with van der Waals surface area (Å²) in [5.41, 5.74) is 1.83. The molecule has 1 N–H and O–H groups in total. The van der Waals surface area contributed by atoms with Crippen LogP contribution >= 0.6 is 39.1 Å². The maximum absolute atomic E-state index is 6.24. The summed E-state index contributed by atoms with van der Waals surface area (Å²) < 4.78 is 12.6. The molecule has 2 aromatic carbocycles. The highest BCUT2D eigenvalue weighted by Gasteiger charge is 2.09. The maximum Gasteiger partial charge on any atom is 0.213 e. The summed E-state index contributed by atoms with van der Waals surface area (Å²) in [4.78, 5) is 4.14. The van der Waals surface area contributed by atoms with E-state index in [-0.39, 0.29) is 0 Å². The van der Waals surface area contributed by atoms with Crippen LogP contribution in [0.4, 0.5) is 0 Å². The minimum absolute atomic E-state index is 0.311. The van der Waals surface area contributed by atoms with Crippen LogP contribution in [0.15, 0.2) is 65.3 Å². The monoisotopic (exact) mass is 494 g/mol. The number of nitrogens with one attached hydrogen (secondary N) is 1. The second-order valence-electron chi connectivity index (χ2n) is 6.29. The third-order valence-corrected chi connectivity index (χ3v) is 5.36. The van der Waals surface area contributed by atoms with Gasteiger partial charge in [-0.15, -0.1) is 0 Å². The highest BCUT2D eigenvalue weighted by atomic mass is 79.9. The Labute approximate surface area is 189 Å². The molecule has 29 heavy (non-hydrogen) atoms. The third-order valence-electron chi connectivity index (χ3n) is 4.16. The third kappa shape index (κ3) is 6.89. The van der Waals surface area contributed by atoms with Crippen LogP contribution in [-0.4, -0.2) is 18.1 Å². The Morgan fingerprint density at radius 3 is 2.55 bits per heavy atom. The number of nitrogens with zero attached hydrogens (tertiary/aromatic N) is 1. The average Bonchev–Trinajstić information content (AvgIpc) is 2.72. The van der Waals surface area contributed by atoms with E-state index in [4.69, 9.17) is 32.7 Å². The molecular weight excluding hydrogens is 475 g/mol. The van der Waals surface area contributed by atoms with Gasteiger partial charge < -0.3 is 14.8 Å². The minimum Gasteiger partial charge on any atom is -0.488 e. The fourth-order valence-corrected chi connectivity index (χ4v) is 3.59. The molecule has 0 aliphatic heterocycles. The molecule has 0 saturated carbocycles. The molecule has 3 rings (SSSR count). The molecule has 0 bridgehead atoms. The summed E-state index contributed by atoms with van der Waals surface area (Å²) in [6, 6.07) is 17.0. The van der Waals surface area contributed by atoms with E-state index in [9.17, 15) is 0 Å². The Morgan fingerprint density at radius 1 is 0.966 bits per heavy atom. The van der Waals surface area contributed by atoms with Crippen molar-refractivity contribution in [1.82, 2.24) is 10.3 Å². The normalized spacial score (nSPS) is 10.7. The van der Waals surface area contributed by atoms with Gasteiger partial charge in [0, 0.05) is 44.5 Å². The average molecular weight is 496 g/mol. The van der Waals surface area contributed by atoms with Gasteiger partial charge in [-0.05, 0) is 49.4 Å². The molecule has 0 radical (unpaired) electrons. The van der Waals surface area contributed by atoms with Gasteiger partial charge in [0.2, 0.25) is 5.88 Å². The molecule has 0 unspecified atom stereocenters. The minimum atomic E-state index is 0.311. The summed E-state index contributed by atoms with van der Waals surface area (Å²) in [6.07, 6.45) is 2.59. The zero-order valence-corrected chi connectivity index (χ0v) is 18.8. The van der Waals surface area contributed by atoms with Crippen LogP contribution in [0, 0.1) is 0 Å². The number of benzene rings is 2. The zero-order chi connectivity index (χ0) is 20.5. The van der Waals surface area contributed by atoms with Crippen molar-refractivity contribution in [2.45, 2.75) is 19.6 Å². The van der Waals surface area contributed by atoms with E-state index in [1.165, 1.54) is 0 Å². The first-order valence-electron chi connectivity index (χ1n) is 9.22. The number of hydrogen-bond acceptors (Lipinski definition) is 4. The number of hydrogen-bond donors (Lipinski definition) is 1. The quantitative estimate of drug-likeness (QED) is 0.335. The lowest BCUT2D eigenvalue weighted by atomic mass is 10.2. The van der Waals surface area contributed by atoms with E-state index in [0.717, 1.165) is 34.3 Å². The predicted molar refractivity (Wildman–Crippen MR) is 121 cm³/mol. The topological polar surface area (TPSA) is 43.4 Å². The van der Waals surface area contributed by atoms with E-state index in [2.05, 4.69) is 26.2 Å². The first-order valence-corrected chi connectivity index (χ1v) is 10.8. The van der Waals surface area contributed by atoms with Gasteiger partial charge in [-0.3, -0.25) is 0 Å². The summed E-state index contributed by atoms with van der Waals surface area (Å²) in [5, 5.41) is 4.62. The van der Waals surface area contributed by atoms with Gasteiger partial charge >= 0.3 is 0 Å². The number of halogens is 3. The van der Waals surface area contributed by atoms with Gasteiger partial charge in [0.15, 0.2) is 0 Å². The lowest BCUT2D eigenvalue weighted by Crippen LogP contribution is -2.17. The van der Waals surface area contributed by atoms with Crippen molar-refractivity contribution in [3.63, 3.8) is 0 Å². The van der Waals surface area contributed by atoms with Crippen molar-refractivity contribution in [1.29, 1.82) is 0 Å². The van der Waals surface area contributed by atoms with Crippen LogP contribution in [0.3, 0.4) is 0 Å². The molecule has 0 aliphatic carbocycles. The van der Waals surface area contributed by atoms with Gasteiger partial charge in [-0.1, -0.05) is 51.3 Å². The van der Waals surface area contributed by atoms with Crippen LogP contribution in [0.2, 0.25) is 10.0 Å². The van der Waals surface area contributed by atoms with Crippen molar-refractivity contribution in [3.05, 3.63) is 86.4 Å². The summed E-state index contributed by atoms with van der Waals surface area (Å²) in [6.45, 7) is 2.41. The Bertz CT molecular complexity index is 906. The zero-order valence-electron chi connectivity index (χ0n) is 15.7. The second-order valence-corrected chi connectivity index (χ2v) is 8.02. The summed E-state index contributed by atoms with van der Waals surface area (Å²) >= 11 is 16.0. The molecule has 7 heteroatoms. The highest BCUT2D eigenvalue weighted by Crippen LogP contribution is 2.28. The van der Waals surface area contributed by atoms with Crippen LogP contribution < -0.4 is 14.8 Å². The van der Waals surface area contributed by atoms with Crippen LogP contribution in [0.5, 0.6) is 11.6 Å². The first kappa shape index (κ1) is 21.9. The van der Waals surface area contributed by atoms with Crippen molar-refractivity contribution in [3.8, 4) is 11.6 Å². The molecule has 0 saturated heterocycles. The second kappa shape index (κ2) is 11.4. The van der Waals surface area contributed by atoms with Crippen molar-refractivity contribution in [2.75, 3.05) is 13.2 Å². The van der Waals surface area contributed by atoms with E-state index in [1.54, 1.807) is 6.20 Å². The lowest BCUT2D eigenvalue weighted by Gasteiger charge is -2.14. The predicted octanol–water partition coefficient (Wildman–Crippen LogP) is 6.29. The van der Waals surface area contributed by atoms with Gasteiger partial charge in [-0.25, -0.2) is 4.98 Å². The Balaban J connectivity index is 1.49. The number of pyridine rings is 1. The van der Waals surface area contributed by atoms with Crippen molar-refractivity contribution in [2.24, 2.45) is 0 Å². The van der Waals surface area contributed by atoms with Crippen molar-refractivity contribution >= 4 is 39.1 Å².